The fourth-order valence-electron chi connectivity index (χ4n) is 3.23. The molecular weight excluding hydrogens is 415 g/mol. The van der Waals surface area contributed by atoms with Crippen LogP contribution in [0.25, 0.3) is 11.5 Å². The van der Waals surface area contributed by atoms with Crippen molar-refractivity contribution >= 4 is 23.5 Å². The summed E-state index contributed by atoms with van der Waals surface area (Å²) in [5, 5.41) is 6.50. The number of amides is 3. The van der Waals surface area contributed by atoms with Crippen molar-refractivity contribution in [3.63, 3.8) is 0 Å². The number of urea groups is 1. The molecule has 1 N–H and O–H groups in total. The zero-order valence-corrected chi connectivity index (χ0v) is 16.7. The third kappa shape index (κ3) is 3.37. The maximum absolute atomic E-state index is 13.4. The molecule has 8 nitrogen and oxygen atoms in total. The molecule has 1 saturated heterocycles. The van der Waals surface area contributed by atoms with Gasteiger partial charge in [-0.3, -0.25) is 9.69 Å². The van der Waals surface area contributed by atoms with Crippen LogP contribution in [0.3, 0.4) is 0 Å². The number of benzene rings is 2. The van der Waals surface area contributed by atoms with Crippen LogP contribution in [0.2, 0.25) is 5.02 Å². The second-order valence-electron chi connectivity index (χ2n) is 6.81. The number of nitrogens with one attached hydrogen (secondary N) is 1. The van der Waals surface area contributed by atoms with Gasteiger partial charge < -0.3 is 14.6 Å². The van der Waals surface area contributed by atoms with Gasteiger partial charge in [0.1, 0.15) is 17.1 Å². The van der Waals surface area contributed by atoms with Crippen molar-refractivity contribution in [1.82, 2.24) is 20.4 Å². The number of nitrogens with zero attached hydrogens (tertiary/aromatic N) is 3. The molecule has 1 fully saturated rings. The molecule has 1 aliphatic rings. The largest absolute Gasteiger partial charge is 0.497 e. The van der Waals surface area contributed by atoms with Crippen molar-refractivity contribution in [1.29, 1.82) is 0 Å². The van der Waals surface area contributed by atoms with Crippen molar-refractivity contribution in [2.45, 2.75) is 19.0 Å². The van der Waals surface area contributed by atoms with Crippen molar-refractivity contribution in [3.05, 3.63) is 64.7 Å². The van der Waals surface area contributed by atoms with Crippen LogP contribution in [-0.2, 0) is 16.9 Å². The first-order chi connectivity index (χ1) is 14.3. The minimum absolute atomic E-state index is 0.0364. The molecule has 3 aromatic rings. The fourth-order valence-corrected chi connectivity index (χ4v) is 3.58. The molecule has 154 valence electrons. The van der Waals surface area contributed by atoms with Crippen LogP contribution in [0.5, 0.6) is 5.75 Å². The molecule has 0 radical (unpaired) electrons. The Morgan fingerprint density at radius 1 is 1.23 bits per heavy atom. The minimum atomic E-state index is -1.44. The second-order valence-corrected chi connectivity index (χ2v) is 7.22. The second kappa shape index (κ2) is 7.42. The Hall–Kier alpha value is -3.46. The highest BCUT2D eigenvalue weighted by Gasteiger charge is 2.50. The molecule has 1 aliphatic heterocycles. The van der Waals surface area contributed by atoms with Gasteiger partial charge in [0, 0.05) is 16.1 Å². The Kier molecular flexibility index (Phi) is 4.90. The average Bonchev–Trinajstić information content (AvgIpc) is 3.27. The Morgan fingerprint density at radius 2 is 1.97 bits per heavy atom. The van der Waals surface area contributed by atoms with E-state index in [1.54, 1.807) is 31.4 Å². The molecule has 4 rings (SSSR count). The molecule has 0 spiro atoms. The predicted molar refractivity (Wildman–Crippen MR) is 104 cm³/mol. The summed E-state index contributed by atoms with van der Waals surface area (Å²) in [5.74, 6) is -0.0324. The van der Waals surface area contributed by atoms with Gasteiger partial charge in [-0.25, -0.2) is 9.18 Å². The van der Waals surface area contributed by atoms with Crippen LogP contribution in [0.1, 0.15) is 18.3 Å². The van der Waals surface area contributed by atoms with E-state index in [2.05, 4.69) is 15.5 Å². The number of rotatable bonds is 5. The van der Waals surface area contributed by atoms with E-state index in [1.807, 2.05) is 0 Å². The number of ether oxygens (including phenoxy) is 1. The van der Waals surface area contributed by atoms with Crippen LogP contribution < -0.4 is 10.1 Å². The van der Waals surface area contributed by atoms with E-state index in [0.29, 0.717) is 16.9 Å². The monoisotopic (exact) mass is 430 g/mol. The van der Waals surface area contributed by atoms with Gasteiger partial charge in [0.15, 0.2) is 5.82 Å². The van der Waals surface area contributed by atoms with E-state index < -0.39 is 23.3 Å². The Morgan fingerprint density at radius 3 is 2.63 bits per heavy atom. The molecule has 30 heavy (non-hydrogen) atoms. The highest BCUT2D eigenvalue weighted by molar-refractivity contribution is 6.32. The SMILES string of the molecule is COc1ccc(-c2nc(CN3C(=O)NC(C)(c4ccc(F)cc4Cl)C3=O)no2)cc1. The molecule has 2 heterocycles. The quantitative estimate of drug-likeness (QED) is 0.622. The van der Waals surface area contributed by atoms with Gasteiger partial charge in [-0.2, -0.15) is 4.98 Å². The Bertz CT molecular complexity index is 1130. The molecule has 0 bridgehead atoms. The van der Waals surface area contributed by atoms with Crippen LogP contribution in [0.15, 0.2) is 47.0 Å². The normalized spacial score (nSPS) is 18.6. The molecule has 0 saturated carbocycles. The van der Waals surface area contributed by atoms with Gasteiger partial charge in [-0.1, -0.05) is 22.8 Å². The lowest BCUT2D eigenvalue weighted by Crippen LogP contribution is -2.41. The summed E-state index contributed by atoms with van der Waals surface area (Å²) in [4.78, 5) is 30.7. The van der Waals surface area contributed by atoms with Crippen molar-refractivity contribution in [2.24, 2.45) is 0 Å². The van der Waals surface area contributed by atoms with Crippen molar-refractivity contribution in [2.75, 3.05) is 7.11 Å². The maximum Gasteiger partial charge on any atom is 0.325 e. The van der Waals surface area contributed by atoms with Crippen molar-refractivity contribution in [3.8, 4) is 17.2 Å². The van der Waals surface area contributed by atoms with Gasteiger partial charge in [0.2, 0.25) is 0 Å². The molecule has 10 heteroatoms. The van der Waals surface area contributed by atoms with E-state index in [0.717, 1.165) is 11.0 Å². The van der Waals surface area contributed by atoms with Gasteiger partial charge in [0.05, 0.1) is 13.7 Å². The van der Waals surface area contributed by atoms with Crippen molar-refractivity contribution < 1.29 is 23.2 Å². The third-order valence-corrected chi connectivity index (χ3v) is 5.16. The summed E-state index contributed by atoms with van der Waals surface area (Å²) < 4.78 is 23.7. The summed E-state index contributed by atoms with van der Waals surface area (Å²) in [6.45, 7) is 1.31. The number of carbonyl (C=O) groups excluding carboxylic acids is 2. The number of carbonyl (C=O) groups is 2. The van der Waals surface area contributed by atoms with E-state index in [1.165, 1.54) is 19.1 Å². The number of methoxy groups -OCH3 is 1. The maximum atomic E-state index is 13.4. The minimum Gasteiger partial charge on any atom is -0.497 e. The lowest BCUT2D eigenvalue weighted by Gasteiger charge is -2.23. The summed E-state index contributed by atoms with van der Waals surface area (Å²) >= 11 is 6.10. The zero-order valence-electron chi connectivity index (χ0n) is 16.0. The van der Waals surface area contributed by atoms with E-state index in [9.17, 15) is 14.0 Å². The van der Waals surface area contributed by atoms with E-state index in [4.69, 9.17) is 20.9 Å². The first kappa shape index (κ1) is 19.8. The number of aromatic nitrogens is 2. The summed E-state index contributed by atoms with van der Waals surface area (Å²) in [6.07, 6.45) is 0. The molecule has 1 aromatic heterocycles. The molecule has 3 amide bonds. The fraction of sp³-hybridized carbons (Fsp3) is 0.200. The van der Waals surface area contributed by atoms with Crippen LogP contribution in [0.4, 0.5) is 9.18 Å². The van der Waals surface area contributed by atoms with Gasteiger partial charge in [-0.05, 0) is 43.3 Å². The van der Waals surface area contributed by atoms with E-state index >= 15 is 0 Å². The molecule has 1 atom stereocenters. The lowest BCUT2D eigenvalue weighted by molar-refractivity contribution is -0.131. The Labute approximate surface area is 175 Å². The predicted octanol–water partition coefficient (Wildman–Crippen LogP) is 3.50. The van der Waals surface area contributed by atoms with Gasteiger partial charge in [-0.15, -0.1) is 0 Å². The third-order valence-electron chi connectivity index (χ3n) is 4.85. The first-order valence-corrected chi connectivity index (χ1v) is 9.26. The number of hydrogen-bond donors (Lipinski definition) is 1. The smallest absolute Gasteiger partial charge is 0.325 e. The van der Waals surface area contributed by atoms with E-state index in [-0.39, 0.29) is 23.3 Å². The average molecular weight is 431 g/mol. The highest BCUT2D eigenvalue weighted by Crippen LogP contribution is 2.34. The number of imide groups is 1. The first-order valence-electron chi connectivity index (χ1n) is 8.88. The van der Waals surface area contributed by atoms with Crippen LogP contribution in [0, 0.1) is 5.82 Å². The summed E-state index contributed by atoms with van der Waals surface area (Å²) in [7, 11) is 1.56. The summed E-state index contributed by atoms with van der Waals surface area (Å²) in [5.41, 5.74) is -0.488. The topological polar surface area (TPSA) is 97.6 Å². The zero-order chi connectivity index (χ0) is 21.5. The summed E-state index contributed by atoms with van der Waals surface area (Å²) in [6, 6.07) is 9.98. The standard InChI is InChI=1S/C20H16ClFN4O4/c1-20(14-8-5-12(22)9-15(14)21)18(27)26(19(28)24-20)10-16-23-17(30-25-16)11-3-6-13(29-2)7-4-11/h3-9H,10H2,1-2H3,(H,24,28). The van der Waals surface area contributed by atoms with Crippen LogP contribution in [-0.4, -0.2) is 34.1 Å². The molecular formula is C20H16ClFN4O4. The number of halogens is 2. The highest BCUT2D eigenvalue weighted by atomic mass is 35.5. The molecule has 0 aliphatic carbocycles. The number of hydrogen-bond acceptors (Lipinski definition) is 6. The van der Waals surface area contributed by atoms with Gasteiger partial charge >= 0.3 is 6.03 Å². The molecule has 1 unspecified atom stereocenters. The van der Waals surface area contributed by atoms with Crippen LogP contribution >= 0.6 is 11.6 Å². The Balaban J connectivity index is 1.56. The molecule has 2 aromatic carbocycles. The van der Waals surface area contributed by atoms with Gasteiger partial charge in [0.25, 0.3) is 11.8 Å². The lowest BCUT2D eigenvalue weighted by atomic mass is 9.92.